The molecule has 0 N–H and O–H groups in total. The van der Waals surface area contributed by atoms with Gasteiger partial charge >= 0.3 is 31.1 Å². The van der Waals surface area contributed by atoms with E-state index in [1.54, 1.807) is 6.21 Å². The summed E-state index contributed by atoms with van der Waals surface area (Å²) in [5, 5.41) is 0. The number of hydrogen-bond donors (Lipinski definition) is 0. The Balaban J connectivity index is -0.00000000189. The van der Waals surface area contributed by atoms with E-state index in [1.165, 1.54) is 0 Å². The molecule has 0 aliphatic heterocycles. The SMILES string of the molecule is [CH-]=NCN=CC.[CH3-].[U+2].[U].[U].[U].[U].[U].[U].[U].[U].[U].[U]. The van der Waals surface area contributed by atoms with Crippen LogP contribution in [0.2, 0.25) is 0 Å². The quantitative estimate of drug-likeness (QED) is 0.293. The number of nitrogens with zero attached hydrogens (tertiary/aromatic N) is 2. The first kappa shape index (κ1) is 89.0. The first-order valence-electron chi connectivity index (χ1n) is 1.73. The van der Waals surface area contributed by atoms with Crippen molar-refractivity contribution in [3.63, 3.8) is 0 Å². The number of hydrogen-bond acceptors (Lipinski definition) is 2. The van der Waals surface area contributed by atoms with Crippen LogP contribution in [0.1, 0.15) is 6.92 Å². The maximum atomic E-state index is 4.73. The van der Waals surface area contributed by atoms with Crippen molar-refractivity contribution < 1.29 is 342 Å². The predicted octanol–water partition coefficient (Wildman–Crippen LogP) is 1.06. The van der Waals surface area contributed by atoms with Crippen LogP contribution in [-0.2, 0) is 0 Å². The number of rotatable bonds is 2. The molecule has 0 aromatic heterocycles. The second kappa shape index (κ2) is 90.9. The van der Waals surface area contributed by atoms with Gasteiger partial charge in [-0.3, -0.25) is 4.99 Å². The number of aliphatic imine (C=N–C) groups is 2. The summed E-state index contributed by atoms with van der Waals surface area (Å²) in [5.41, 5.74) is 0. The fourth-order valence-electron chi connectivity index (χ4n) is 0.129. The molecule has 0 saturated heterocycles. The smallest absolute Gasteiger partial charge is 0.487 e. The Kier molecular flexibility index (Phi) is 449. The third kappa shape index (κ3) is 93.4. The van der Waals surface area contributed by atoms with E-state index in [0.717, 1.165) is 0 Å². The molecule has 0 spiro atoms. The van der Waals surface area contributed by atoms with Gasteiger partial charge in [0.05, 0.1) is 6.67 Å². The zero-order valence-corrected chi connectivity index (χ0v) is 56.1. The van der Waals surface area contributed by atoms with E-state index in [1.807, 2.05) is 6.92 Å². The average Bonchev–Trinajstić information content (AvgIpc) is 1.61. The summed E-state index contributed by atoms with van der Waals surface area (Å²) in [6.07, 6.45) is 1.66. The molecular formula is C5H10N2U11. The van der Waals surface area contributed by atoms with Crippen molar-refractivity contribution in [1.29, 1.82) is 0 Å². The van der Waals surface area contributed by atoms with Gasteiger partial charge in [0.2, 0.25) is 0 Å². The zero-order valence-electron chi connectivity index (χ0n) is 10.3. The molecule has 0 atom stereocenters. The van der Waals surface area contributed by atoms with E-state index in [9.17, 15) is 0 Å². The van der Waals surface area contributed by atoms with Gasteiger partial charge in [-0.1, -0.05) is 0 Å². The van der Waals surface area contributed by atoms with Crippen molar-refractivity contribution in [3.8, 4) is 0 Å². The molecule has 2 nitrogen and oxygen atoms in total. The van der Waals surface area contributed by atoms with Gasteiger partial charge in [-0.25, -0.2) is 0 Å². The average molecular weight is 2720 g/mol. The summed E-state index contributed by atoms with van der Waals surface area (Å²) in [6.45, 7) is 6.94. The molecule has 0 fully saturated rings. The molecule has 0 aromatic carbocycles. The molecule has 0 radical (unpaired) electrons. The van der Waals surface area contributed by atoms with E-state index in [2.05, 4.69) is 9.98 Å². The van der Waals surface area contributed by atoms with Crippen LogP contribution in [0.4, 0.5) is 0 Å². The fraction of sp³-hybridized carbons (Fsp3) is 0.400. The van der Waals surface area contributed by atoms with E-state index in [-0.39, 0.29) is 350 Å². The molecule has 0 unspecified atom stereocenters. The van der Waals surface area contributed by atoms with Crippen LogP contribution in [0.5, 0.6) is 0 Å². The van der Waals surface area contributed by atoms with Gasteiger partial charge in [0.15, 0.2) is 0 Å². The molecule has 13 heteroatoms. The molecule has 0 saturated carbocycles. The predicted molar refractivity (Wildman–Crippen MR) is 33.9 cm³/mol. The van der Waals surface area contributed by atoms with Gasteiger partial charge in [-0.05, 0) is 13.1 Å². The van der Waals surface area contributed by atoms with Crippen LogP contribution in [0.25, 0.3) is 0 Å². The molecule has 18 heavy (non-hydrogen) atoms. The zero-order chi connectivity index (χ0) is 4.83. The summed E-state index contributed by atoms with van der Waals surface area (Å²) >= 11 is 0. The minimum atomic E-state index is 0. The second-order valence-electron chi connectivity index (χ2n) is 0.765. The maximum absolute atomic E-state index is 4.73. The van der Waals surface area contributed by atoms with Crippen molar-refractivity contribution in [3.05, 3.63) is 7.43 Å². The van der Waals surface area contributed by atoms with Crippen molar-refractivity contribution in [2.75, 3.05) is 6.67 Å². The normalized spacial score (nSPS) is 3.17. The van der Waals surface area contributed by atoms with Gasteiger partial charge in [-0.2, -0.15) is 0 Å². The topological polar surface area (TPSA) is 24.7 Å². The Morgan fingerprint density at radius 2 is 1.00 bits per heavy atom. The molecular weight excluding hydrogens is 2710 g/mol. The summed E-state index contributed by atoms with van der Waals surface area (Å²) in [7, 11) is 0. The summed E-state index contributed by atoms with van der Waals surface area (Å²) in [6, 6.07) is 0. The van der Waals surface area contributed by atoms with Crippen LogP contribution in [0, 0.1) is 350 Å². The van der Waals surface area contributed by atoms with Crippen LogP contribution in [0.15, 0.2) is 9.98 Å². The van der Waals surface area contributed by atoms with Crippen LogP contribution >= 0.6 is 0 Å². The van der Waals surface area contributed by atoms with Gasteiger partial charge in [0.1, 0.15) is 0 Å². The van der Waals surface area contributed by atoms with Crippen molar-refractivity contribution in [2.45, 2.75) is 6.92 Å². The Hall–Kier alpha value is 10.9. The molecule has 0 aliphatic rings. The third-order valence-corrected chi connectivity index (χ3v) is 0.346. The molecule has 0 aromatic rings. The van der Waals surface area contributed by atoms with Crippen molar-refractivity contribution in [2.24, 2.45) is 9.98 Å². The Bertz CT molecular complexity index is 74.5. The molecule has 0 amide bonds. The fourth-order valence-corrected chi connectivity index (χ4v) is 0.129. The van der Waals surface area contributed by atoms with Gasteiger partial charge in [0.25, 0.3) is 0 Å². The first-order chi connectivity index (χ1) is 2.91. The molecule has 84 valence electrons. The molecule has 0 heterocycles. The van der Waals surface area contributed by atoms with Crippen molar-refractivity contribution in [1.82, 2.24) is 0 Å². The summed E-state index contributed by atoms with van der Waals surface area (Å²) in [4.78, 5) is 6.90. The van der Waals surface area contributed by atoms with Crippen molar-refractivity contribution >= 4 is 12.9 Å². The Morgan fingerprint density at radius 3 is 1.06 bits per heavy atom. The van der Waals surface area contributed by atoms with Gasteiger partial charge in [-0.15, -0.1) is 0 Å². The second-order valence-corrected chi connectivity index (χ2v) is 0.765. The van der Waals surface area contributed by atoms with Gasteiger partial charge < -0.3 is 19.1 Å². The van der Waals surface area contributed by atoms with Crippen LogP contribution in [0.3, 0.4) is 0 Å². The Labute approximate surface area is 374 Å². The summed E-state index contributed by atoms with van der Waals surface area (Å²) < 4.78 is 0. The van der Waals surface area contributed by atoms with E-state index in [0.29, 0.717) is 6.67 Å². The first-order valence-corrected chi connectivity index (χ1v) is 1.73. The van der Waals surface area contributed by atoms with Crippen LogP contribution in [-0.4, -0.2) is 19.6 Å². The summed E-state index contributed by atoms with van der Waals surface area (Å²) in [5.74, 6) is 0. The minimum absolute atomic E-state index is 0. The minimum Gasteiger partial charge on any atom is -0.487 e. The molecule has 0 bridgehead atoms. The van der Waals surface area contributed by atoms with E-state index < -0.39 is 0 Å². The maximum Gasteiger partial charge on any atom is 2.00 e. The van der Waals surface area contributed by atoms with Gasteiger partial charge in [0, 0.05) is 311 Å². The largest absolute Gasteiger partial charge is 2.00 e. The molecule has 0 aliphatic carbocycles. The standard InChI is InChI=1S/C4H7N2.CH3.11U/c1-3-6-4-5-2;;;;;;;;;;;;/h2-3H,4H2,1H3;1H3;;;;;;;;;;;/q2*-1;;;;;;;;;;;+2. The van der Waals surface area contributed by atoms with E-state index >= 15 is 0 Å². The third-order valence-electron chi connectivity index (χ3n) is 0.346. The van der Waals surface area contributed by atoms with E-state index in [4.69, 9.17) is 6.72 Å². The van der Waals surface area contributed by atoms with Crippen LogP contribution < -0.4 is 0 Å². The Morgan fingerprint density at radius 1 is 0.778 bits per heavy atom. The molecule has 0 rings (SSSR count). The monoisotopic (exact) mass is 2720 g/mol.